The molecule has 2 aliphatic heterocycles. The number of nitrogens with zero attached hydrogens (tertiary/aromatic N) is 2. The van der Waals surface area contributed by atoms with Crippen LogP contribution in [-0.4, -0.2) is 6.71 Å². The van der Waals surface area contributed by atoms with E-state index < -0.39 is 6.71 Å². The molecular weight excluding hydrogens is 1220 g/mol. The highest BCUT2D eigenvalue weighted by atomic mass is 16.3. The van der Waals surface area contributed by atoms with Crippen molar-refractivity contribution in [2.24, 2.45) is 0 Å². The highest BCUT2D eigenvalue weighted by Crippen LogP contribution is 2.56. The van der Waals surface area contributed by atoms with Gasteiger partial charge >= 0.3 is 0 Å². The molecule has 0 spiro atoms. The van der Waals surface area contributed by atoms with Crippen molar-refractivity contribution < 1.29 is 9.90 Å². The van der Waals surface area contributed by atoms with E-state index in [9.17, 15) is 5.48 Å². The molecule has 101 heavy (non-hydrogen) atoms. The monoisotopic (exact) mass is 1310 g/mol. The summed E-state index contributed by atoms with van der Waals surface area (Å²) in [7, 11) is 0. The van der Waals surface area contributed by atoms with Gasteiger partial charge in [0, 0.05) is 55.8 Å². The first kappa shape index (κ1) is 59.2. The summed E-state index contributed by atoms with van der Waals surface area (Å²) in [5, 5.41) is 2.07. The molecule has 3 nitrogen and oxygen atoms in total. The van der Waals surface area contributed by atoms with Crippen LogP contribution in [-0.2, 0) is 21.7 Å². The fourth-order valence-electron chi connectivity index (χ4n) is 15.7. The largest absolute Gasteiger partial charge is 0.456 e. The van der Waals surface area contributed by atoms with Crippen LogP contribution in [0.5, 0.6) is 0 Å². The topological polar surface area (TPSA) is 19.6 Å². The van der Waals surface area contributed by atoms with Crippen molar-refractivity contribution in [2.45, 2.75) is 124 Å². The van der Waals surface area contributed by atoms with E-state index in [2.05, 4.69) is 348 Å². The van der Waals surface area contributed by atoms with Crippen LogP contribution < -0.4 is 26.2 Å². The number of para-hydroxylation sites is 1. The fraction of sp³-hybridized carbons (Fsp3) is 0.196. The van der Waals surface area contributed by atoms with Crippen LogP contribution in [0.25, 0.3) is 99.8 Å². The molecule has 494 valence electrons. The number of fused-ring (bicyclic) bond motifs is 7. The molecule has 1 aliphatic carbocycles. The first-order valence-electron chi connectivity index (χ1n) is 38.1. The minimum atomic E-state index is -0.476. The average Bonchev–Trinajstić information content (AvgIpc) is 0.780. The second-order valence-corrected chi connectivity index (χ2v) is 32.5. The van der Waals surface area contributed by atoms with Crippen LogP contribution in [0.4, 0.5) is 34.1 Å². The van der Waals surface area contributed by atoms with E-state index in [4.69, 9.17) is 4.42 Å². The van der Waals surface area contributed by atoms with Crippen LogP contribution in [0, 0.1) is 0 Å². The van der Waals surface area contributed by atoms with Gasteiger partial charge in [0.25, 0.3) is 6.71 Å². The molecule has 13 aromatic carbocycles. The van der Waals surface area contributed by atoms with Crippen molar-refractivity contribution in [3.8, 4) is 77.9 Å². The van der Waals surface area contributed by atoms with Crippen molar-refractivity contribution in [3.05, 3.63) is 307 Å². The normalized spacial score (nSPS) is 14.3. The highest BCUT2D eigenvalue weighted by Gasteiger charge is 2.46. The minimum Gasteiger partial charge on any atom is -0.456 e. The summed E-state index contributed by atoms with van der Waals surface area (Å²) in [5.41, 5.74) is 29.2. The second-order valence-electron chi connectivity index (χ2n) is 32.5. The molecular formula is C97H87BN2O. The molecule has 1 fully saturated rings. The number of hydrogen-bond acceptors (Lipinski definition) is 3. The van der Waals surface area contributed by atoms with Gasteiger partial charge in [-0.25, -0.2) is 0 Å². The number of hydrogen-bond donors (Lipinski definition) is 0. The first-order valence-corrected chi connectivity index (χ1v) is 36.1. The smallest absolute Gasteiger partial charge is 0.252 e. The Labute approximate surface area is 603 Å². The maximum atomic E-state index is 9.99. The molecule has 0 bridgehead atoms. The third kappa shape index (κ3) is 11.3. The SMILES string of the molecule is [2H]c1c([2H])c(C2CC2)c([2H])c([2H])c1-c1ccc2c(c1)B1c3ccc(-c4cc(C(C)(C)C)cc(C(C)(C)C)c4)cc3N(c3c(-c4ccccc4)cc(C(C)(C)C)cc3-c3ccccc3)c3cc(-c4cccc5oc6ccccc6c45)cc(c31)N2c1c(-c2ccccc2)cc(C(C)(C)C)cc1-c1ccccc1. The van der Waals surface area contributed by atoms with Gasteiger partial charge in [0.15, 0.2) is 0 Å². The minimum absolute atomic E-state index is 0.0137. The Balaban J connectivity index is 1.10. The molecule has 1 saturated carbocycles. The Kier molecular flexibility index (Phi) is 14.1. The van der Waals surface area contributed by atoms with E-state index in [1.807, 2.05) is 0 Å². The summed E-state index contributed by atoms with van der Waals surface area (Å²) >= 11 is 0. The number of anilines is 6. The van der Waals surface area contributed by atoms with Gasteiger partial charge in [-0.15, -0.1) is 0 Å². The number of furan rings is 1. The average molecular weight is 1310 g/mol. The van der Waals surface area contributed by atoms with Gasteiger partial charge < -0.3 is 14.2 Å². The lowest BCUT2D eigenvalue weighted by Gasteiger charge is -2.46. The molecule has 0 radical (unpaired) electrons. The fourth-order valence-corrected chi connectivity index (χ4v) is 15.7. The van der Waals surface area contributed by atoms with Crippen molar-refractivity contribution in [2.75, 3.05) is 9.80 Å². The summed E-state index contributed by atoms with van der Waals surface area (Å²) in [6.45, 7) is 27.3. The zero-order valence-corrected chi connectivity index (χ0v) is 60.1. The molecule has 0 atom stereocenters. The van der Waals surface area contributed by atoms with Gasteiger partial charge in [-0.2, -0.15) is 0 Å². The van der Waals surface area contributed by atoms with Gasteiger partial charge in [0.2, 0.25) is 0 Å². The zero-order chi connectivity index (χ0) is 72.9. The molecule has 14 aromatic rings. The summed E-state index contributed by atoms with van der Waals surface area (Å²) in [6, 6.07) is 94.5. The van der Waals surface area contributed by atoms with Crippen LogP contribution in [0.15, 0.2) is 283 Å². The standard InChI is InChI=1S/C97H87BN2O/c1-94(2,3)72-50-70(51-73(56-72)95(4,5)6)69-46-48-82-85(53-69)100(93-80(66-32-21-15-22-33-66)59-75(97(10,11)12)60-81(93)67-34-23-16-24-35-67)87-55-71(76-37-27-39-89-90(76)77-36-25-26-38-88(77)101-89)54-86-91(87)98(82)83-52-68(63-44-42-62(43-45-63)61-40-41-61)47-49-84(83)99(86)92-78(64-28-17-13-18-29-64)57-74(96(7,8)9)58-79(92)65-30-19-14-20-31-65/h13-39,42-61H,40-41H2,1-12H3/i42D,43D,44D,45D. The summed E-state index contributed by atoms with van der Waals surface area (Å²) in [6.07, 6.45) is 1.71. The molecule has 3 aliphatic rings. The molecule has 0 unspecified atom stereocenters. The quantitative estimate of drug-likeness (QED) is 0.127. The van der Waals surface area contributed by atoms with E-state index in [0.717, 1.165) is 152 Å². The predicted octanol–water partition coefficient (Wildman–Crippen LogP) is 25.4. The number of benzene rings is 13. The molecule has 0 saturated heterocycles. The summed E-state index contributed by atoms with van der Waals surface area (Å²) < 4.78 is 46.2. The predicted molar refractivity (Wildman–Crippen MR) is 433 cm³/mol. The Morgan fingerprint density at radius 3 is 1.24 bits per heavy atom. The van der Waals surface area contributed by atoms with Gasteiger partial charge in [-0.1, -0.05) is 301 Å². The van der Waals surface area contributed by atoms with Gasteiger partial charge in [-0.05, 0) is 201 Å². The van der Waals surface area contributed by atoms with E-state index >= 15 is 0 Å². The third-order valence-electron chi connectivity index (χ3n) is 21.4. The lowest BCUT2D eigenvalue weighted by atomic mass is 9.33. The maximum absolute atomic E-state index is 9.99. The van der Waals surface area contributed by atoms with Gasteiger partial charge in [0.1, 0.15) is 11.2 Å². The summed E-state index contributed by atoms with van der Waals surface area (Å²) in [4.78, 5) is 5.21. The Morgan fingerprint density at radius 1 is 0.327 bits per heavy atom. The van der Waals surface area contributed by atoms with Crippen molar-refractivity contribution >= 4 is 79.2 Å². The van der Waals surface area contributed by atoms with E-state index in [-0.39, 0.29) is 51.7 Å². The van der Waals surface area contributed by atoms with E-state index in [0.29, 0.717) is 16.7 Å². The van der Waals surface area contributed by atoms with Crippen molar-refractivity contribution in [3.63, 3.8) is 0 Å². The third-order valence-corrected chi connectivity index (χ3v) is 21.4. The first-order chi connectivity index (χ1) is 50.3. The Bertz CT molecular complexity index is 5650. The summed E-state index contributed by atoms with van der Waals surface area (Å²) in [5.74, 6) is 0.0164. The maximum Gasteiger partial charge on any atom is 0.252 e. The number of rotatable bonds is 10. The molecule has 17 rings (SSSR count). The lowest BCUT2D eigenvalue weighted by Crippen LogP contribution is -2.61. The van der Waals surface area contributed by atoms with E-state index in [1.165, 1.54) is 22.3 Å². The van der Waals surface area contributed by atoms with Crippen LogP contribution in [0.3, 0.4) is 0 Å². The Hall–Kier alpha value is -10.7. The molecule has 4 heteroatoms. The molecule has 0 amide bonds. The van der Waals surface area contributed by atoms with Crippen LogP contribution in [0.2, 0.25) is 0 Å². The molecule has 1 aromatic heterocycles. The lowest BCUT2D eigenvalue weighted by molar-refractivity contribution is 0.569. The van der Waals surface area contributed by atoms with E-state index in [1.54, 1.807) is 0 Å². The van der Waals surface area contributed by atoms with Crippen LogP contribution >= 0.6 is 0 Å². The Morgan fingerprint density at radius 2 is 0.752 bits per heavy atom. The van der Waals surface area contributed by atoms with Crippen molar-refractivity contribution in [1.82, 2.24) is 0 Å². The molecule has 0 N–H and O–H groups in total. The van der Waals surface area contributed by atoms with Gasteiger partial charge in [-0.3, -0.25) is 0 Å². The van der Waals surface area contributed by atoms with Crippen molar-refractivity contribution in [1.29, 1.82) is 0 Å². The highest BCUT2D eigenvalue weighted by molar-refractivity contribution is 7.00. The second kappa shape index (κ2) is 24.0. The van der Waals surface area contributed by atoms with Gasteiger partial charge in [0.05, 0.1) is 16.9 Å². The zero-order valence-electron chi connectivity index (χ0n) is 64.1. The van der Waals surface area contributed by atoms with Crippen LogP contribution in [0.1, 0.15) is 135 Å². The molecule has 3 heterocycles.